The second-order valence-electron chi connectivity index (χ2n) is 19.0. The SMILES string of the molecule is CCCCCCCCCCCCCCC(=O)OC[C@@H](COC(=O)CCCCCCCCCCCCCCCCCC(C)C)OC(=O)CCCCCCCCCCCCCC. The molecule has 0 aliphatic heterocycles. The van der Waals surface area contributed by atoms with Crippen molar-refractivity contribution in [3.63, 3.8) is 0 Å². The molecule has 356 valence electrons. The number of carbonyl (C=O) groups excluding carboxylic acids is 3. The van der Waals surface area contributed by atoms with Crippen molar-refractivity contribution in [2.24, 2.45) is 5.92 Å². The van der Waals surface area contributed by atoms with Crippen LogP contribution in [0.15, 0.2) is 0 Å². The highest BCUT2D eigenvalue weighted by Crippen LogP contribution is 2.17. The maximum Gasteiger partial charge on any atom is 0.306 e. The zero-order valence-electron chi connectivity index (χ0n) is 40.9. The molecule has 6 heteroatoms. The molecule has 0 saturated carbocycles. The van der Waals surface area contributed by atoms with Crippen LogP contribution in [-0.4, -0.2) is 37.2 Å². The lowest BCUT2D eigenvalue weighted by atomic mass is 10.0. The molecule has 0 radical (unpaired) electrons. The van der Waals surface area contributed by atoms with Crippen LogP contribution in [0.3, 0.4) is 0 Å². The molecule has 0 amide bonds. The highest BCUT2D eigenvalue weighted by molar-refractivity contribution is 5.71. The van der Waals surface area contributed by atoms with Crippen molar-refractivity contribution in [3.05, 3.63) is 0 Å². The fourth-order valence-corrected chi connectivity index (χ4v) is 8.22. The molecule has 0 spiro atoms. The van der Waals surface area contributed by atoms with Crippen molar-refractivity contribution in [1.29, 1.82) is 0 Å². The number of hydrogen-bond acceptors (Lipinski definition) is 6. The van der Waals surface area contributed by atoms with E-state index in [9.17, 15) is 14.4 Å². The Hall–Kier alpha value is -1.59. The third-order valence-corrected chi connectivity index (χ3v) is 12.3. The molecule has 0 aromatic carbocycles. The van der Waals surface area contributed by atoms with Crippen LogP contribution in [-0.2, 0) is 28.6 Å². The summed E-state index contributed by atoms with van der Waals surface area (Å²) in [6.45, 7) is 9.04. The molecular weight excluding hydrogens is 745 g/mol. The van der Waals surface area contributed by atoms with Crippen molar-refractivity contribution in [2.45, 2.75) is 310 Å². The molecule has 0 aromatic rings. The van der Waals surface area contributed by atoms with Crippen molar-refractivity contribution in [2.75, 3.05) is 13.2 Å². The molecule has 0 aromatic heterocycles. The first-order valence-corrected chi connectivity index (χ1v) is 26.9. The van der Waals surface area contributed by atoms with Crippen molar-refractivity contribution >= 4 is 17.9 Å². The molecule has 6 nitrogen and oxygen atoms in total. The number of esters is 3. The van der Waals surface area contributed by atoms with Gasteiger partial charge in [-0.25, -0.2) is 0 Å². The van der Waals surface area contributed by atoms with Crippen LogP contribution in [0.25, 0.3) is 0 Å². The van der Waals surface area contributed by atoms with Gasteiger partial charge in [-0.2, -0.15) is 0 Å². The van der Waals surface area contributed by atoms with E-state index in [4.69, 9.17) is 14.2 Å². The zero-order chi connectivity index (χ0) is 43.8. The Labute approximate surface area is 374 Å². The molecular formula is C54H104O6. The minimum atomic E-state index is -0.760. The number of hydrogen-bond donors (Lipinski definition) is 0. The van der Waals surface area contributed by atoms with Gasteiger partial charge in [0.2, 0.25) is 0 Å². The van der Waals surface area contributed by atoms with Crippen LogP contribution < -0.4 is 0 Å². The van der Waals surface area contributed by atoms with Gasteiger partial charge in [0.15, 0.2) is 6.10 Å². The highest BCUT2D eigenvalue weighted by Gasteiger charge is 2.19. The normalized spacial score (nSPS) is 11.9. The van der Waals surface area contributed by atoms with E-state index < -0.39 is 6.10 Å². The van der Waals surface area contributed by atoms with E-state index in [1.165, 1.54) is 199 Å². The van der Waals surface area contributed by atoms with E-state index >= 15 is 0 Å². The minimum absolute atomic E-state index is 0.0623. The van der Waals surface area contributed by atoms with Crippen molar-refractivity contribution in [1.82, 2.24) is 0 Å². The Bertz CT molecular complexity index is 903. The second-order valence-corrected chi connectivity index (χ2v) is 19.0. The number of rotatable bonds is 49. The van der Waals surface area contributed by atoms with E-state index in [0.717, 1.165) is 63.7 Å². The Kier molecular flexibility index (Phi) is 47.2. The largest absolute Gasteiger partial charge is 0.462 e. The minimum Gasteiger partial charge on any atom is -0.462 e. The molecule has 0 N–H and O–H groups in total. The van der Waals surface area contributed by atoms with Gasteiger partial charge in [0.05, 0.1) is 0 Å². The predicted octanol–water partition coefficient (Wildman–Crippen LogP) is 17.5. The second kappa shape index (κ2) is 48.4. The van der Waals surface area contributed by atoms with Gasteiger partial charge in [0.25, 0.3) is 0 Å². The summed E-state index contributed by atoms with van der Waals surface area (Å²) < 4.78 is 16.8. The molecule has 0 bridgehead atoms. The van der Waals surface area contributed by atoms with Gasteiger partial charge in [-0.05, 0) is 25.2 Å². The molecule has 0 aliphatic rings. The monoisotopic (exact) mass is 849 g/mol. The predicted molar refractivity (Wildman–Crippen MR) is 257 cm³/mol. The maximum absolute atomic E-state index is 12.8. The van der Waals surface area contributed by atoms with Gasteiger partial charge in [-0.3, -0.25) is 14.4 Å². The summed E-state index contributed by atoms with van der Waals surface area (Å²) >= 11 is 0. The first-order chi connectivity index (χ1) is 29.4. The fourth-order valence-electron chi connectivity index (χ4n) is 8.22. The number of ether oxygens (including phenoxy) is 3. The van der Waals surface area contributed by atoms with Crippen LogP contribution in [0, 0.1) is 5.92 Å². The summed E-state index contributed by atoms with van der Waals surface area (Å²) in [5.41, 5.74) is 0. The zero-order valence-corrected chi connectivity index (χ0v) is 40.9. The first kappa shape index (κ1) is 58.4. The van der Waals surface area contributed by atoms with E-state index in [1.54, 1.807) is 0 Å². The third kappa shape index (κ3) is 47.5. The molecule has 0 heterocycles. The maximum atomic E-state index is 12.8. The average Bonchev–Trinajstić information content (AvgIpc) is 3.23. The van der Waals surface area contributed by atoms with Gasteiger partial charge in [0, 0.05) is 19.3 Å². The summed E-state index contributed by atoms with van der Waals surface area (Å²) in [6.07, 6.45) is 50.8. The average molecular weight is 849 g/mol. The van der Waals surface area contributed by atoms with Crippen LogP contribution in [0.1, 0.15) is 304 Å². The van der Waals surface area contributed by atoms with Gasteiger partial charge in [0.1, 0.15) is 13.2 Å². The topological polar surface area (TPSA) is 78.9 Å². The van der Waals surface area contributed by atoms with Crippen LogP contribution >= 0.6 is 0 Å². The molecule has 0 aliphatic carbocycles. The molecule has 0 fully saturated rings. The summed E-state index contributed by atoms with van der Waals surface area (Å²) in [7, 11) is 0. The lowest BCUT2D eigenvalue weighted by Gasteiger charge is -2.18. The molecule has 0 rings (SSSR count). The Morgan fingerprint density at radius 3 is 0.817 bits per heavy atom. The first-order valence-electron chi connectivity index (χ1n) is 26.9. The number of carbonyl (C=O) groups is 3. The summed E-state index contributed by atoms with van der Waals surface area (Å²) in [6, 6.07) is 0. The van der Waals surface area contributed by atoms with Crippen LogP contribution in [0.4, 0.5) is 0 Å². The van der Waals surface area contributed by atoms with E-state index in [0.29, 0.717) is 19.3 Å². The summed E-state index contributed by atoms with van der Waals surface area (Å²) in [5.74, 6) is 0.00778. The fraction of sp³-hybridized carbons (Fsp3) is 0.944. The van der Waals surface area contributed by atoms with E-state index in [2.05, 4.69) is 27.7 Å². The van der Waals surface area contributed by atoms with E-state index in [-0.39, 0.29) is 31.1 Å². The lowest BCUT2D eigenvalue weighted by Crippen LogP contribution is -2.30. The smallest absolute Gasteiger partial charge is 0.306 e. The van der Waals surface area contributed by atoms with Crippen molar-refractivity contribution < 1.29 is 28.6 Å². The van der Waals surface area contributed by atoms with Crippen LogP contribution in [0.5, 0.6) is 0 Å². The standard InChI is InChI=1S/C54H104O6/c1-5-7-9-11-13-15-17-25-29-33-37-41-45-52(55)58-48-51(60-54(57)47-43-39-35-31-26-18-16-14-12-10-8-6-2)49-59-53(56)46-42-38-34-30-27-23-21-19-20-22-24-28-32-36-40-44-50(3)4/h50-51H,5-49H2,1-4H3/t51-/m0/s1. The quantitative estimate of drug-likeness (QED) is 0.0345. The molecule has 0 saturated heterocycles. The summed E-state index contributed by atoms with van der Waals surface area (Å²) in [4.78, 5) is 38.0. The van der Waals surface area contributed by atoms with E-state index in [1.807, 2.05) is 0 Å². The molecule has 60 heavy (non-hydrogen) atoms. The van der Waals surface area contributed by atoms with Gasteiger partial charge < -0.3 is 14.2 Å². The van der Waals surface area contributed by atoms with Gasteiger partial charge in [-0.15, -0.1) is 0 Å². The van der Waals surface area contributed by atoms with Crippen molar-refractivity contribution in [3.8, 4) is 0 Å². The summed E-state index contributed by atoms with van der Waals surface area (Å²) in [5, 5.41) is 0. The Balaban J connectivity index is 4.26. The Morgan fingerprint density at radius 2 is 0.550 bits per heavy atom. The third-order valence-electron chi connectivity index (χ3n) is 12.3. The van der Waals surface area contributed by atoms with Gasteiger partial charge >= 0.3 is 17.9 Å². The Morgan fingerprint density at radius 1 is 0.317 bits per heavy atom. The highest BCUT2D eigenvalue weighted by atomic mass is 16.6. The molecule has 1 atom stereocenters. The number of unbranched alkanes of at least 4 members (excludes halogenated alkanes) is 36. The lowest BCUT2D eigenvalue weighted by molar-refractivity contribution is -0.167. The van der Waals surface area contributed by atoms with Crippen LogP contribution in [0.2, 0.25) is 0 Å². The van der Waals surface area contributed by atoms with Gasteiger partial charge in [-0.1, -0.05) is 265 Å². The molecule has 0 unspecified atom stereocenters.